The summed E-state index contributed by atoms with van der Waals surface area (Å²) in [5.74, 6) is -1.67. The van der Waals surface area contributed by atoms with Gasteiger partial charge in [-0.15, -0.1) is 0 Å². The lowest BCUT2D eigenvalue weighted by Gasteiger charge is -2.33. The van der Waals surface area contributed by atoms with Crippen LogP contribution < -0.4 is 16.2 Å². The topological polar surface area (TPSA) is 106 Å². The van der Waals surface area contributed by atoms with E-state index in [9.17, 15) is 18.8 Å². The van der Waals surface area contributed by atoms with Crippen molar-refractivity contribution < 1.29 is 8.78 Å². The monoisotopic (exact) mass is 511 g/mol. The molecule has 0 spiro atoms. The first-order valence-corrected chi connectivity index (χ1v) is 12.3. The van der Waals surface area contributed by atoms with Crippen LogP contribution in [-0.2, 0) is 6.54 Å². The molecule has 1 saturated heterocycles. The molecule has 8 nitrogen and oxygen atoms in total. The summed E-state index contributed by atoms with van der Waals surface area (Å²) in [6, 6.07) is 15.1. The number of piperidine rings is 1. The van der Waals surface area contributed by atoms with Gasteiger partial charge in [0.2, 0.25) is 0 Å². The fraction of sp³-hybridized carbons (Fsp3) is 0.214. The second-order valence-corrected chi connectivity index (χ2v) is 9.45. The number of aromatic nitrogens is 4. The van der Waals surface area contributed by atoms with Gasteiger partial charge in [0.15, 0.2) is 11.6 Å². The summed E-state index contributed by atoms with van der Waals surface area (Å²) in [5, 5.41) is 12.1. The van der Waals surface area contributed by atoms with Crippen molar-refractivity contribution in [2.45, 2.75) is 25.4 Å². The zero-order valence-corrected chi connectivity index (χ0v) is 20.3. The molecule has 2 aromatic carbocycles. The third kappa shape index (κ3) is 3.88. The van der Waals surface area contributed by atoms with Crippen molar-refractivity contribution in [2.75, 3.05) is 18.0 Å². The minimum atomic E-state index is -1.06. The summed E-state index contributed by atoms with van der Waals surface area (Å²) in [6.07, 6.45) is 4.70. The van der Waals surface area contributed by atoms with Crippen molar-refractivity contribution in [2.24, 2.45) is 5.73 Å². The van der Waals surface area contributed by atoms with Crippen molar-refractivity contribution >= 4 is 27.6 Å². The number of nitrogens with two attached hydrogens (primary N) is 1. The lowest BCUT2D eigenvalue weighted by Crippen LogP contribution is -2.43. The van der Waals surface area contributed by atoms with E-state index in [4.69, 9.17) is 5.73 Å². The SMILES string of the molecule is N#Cc1c(N2CCCC(N)C2)n(-c2ccc(F)c(F)c2)c2c(=O)n(Cc3nccc4ccccc34)cnc12. The highest BCUT2D eigenvalue weighted by Crippen LogP contribution is 2.35. The highest BCUT2D eigenvalue weighted by atomic mass is 19.2. The van der Waals surface area contributed by atoms with Gasteiger partial charge in [-0.25, -0.2) is 13.8 Å². The molecule has 1 unspecified atom stereocenters. The van der Waals surface area contributed by atoms with E-state index >= 15 is 0 Å². The van der Waals surface area contributed by atoms with Crippen molar-refractivity contribution in [3.63, 3.8) is 0 Å². The average Bonchev–Trinajstić information content (AvgIpc) is 3.27. The zero-order chi connectivity index (χ0) is 26.4. The summed E-state index contributed by atoms with van der Waals surface area (Å²) in [7, 11) is 0. The van der Waals surface area contributed by atoms with Crippen LogP contribution in [0.15, 0.2) is 65.8 Å². The van der Waals surface area contributed by atoms with Crippen LogP contribution in [0.2, 0.25) is 0 Å². The van der Waals surface area contributed by atoms with Gasteiger partial charge in [0.1, 0.15) is 28.5 Å². The normalized spacial score (nSPS) is 15.7. The molecule has 1 aliphatic heterocycles. The molecule has 0 bridgehead atoms. The van der Waals surface area contributed by atoms with Crippen LogP contribution >= 0.6 is 0 Å². The summed E-state index contributed by atoms with van der Waals surface area (Å²) < 4.78 is 31.2. The Kier molecular flexibility index (Phi) is 5.85. The Hall–Kier alpha value is -4.62. The molecule has 2 N–H and O–H groups in total. The second-order valence-electron chi connectivity index (χ2n) is 9.45. The fourth-order valence-corrected chi connectivity index (χ4v) is 5.25. The molecule has 1 fully saturated rings. The van der Waals surface area contributed by atoms with E-state index in [-0.39, 0.29) is 34.9 Å². The predicted octanol–water partition coefficient (Wildman–Crippen LogP) is 3.86. The molecule has 10 heteroatoms. The van der Waals surface area contributed by atoms with Gasteiger partial charge in [-0.05, 0) is 36.4 Å². The number of benzene rings is 2. The van der Waals surface area contributed by atoms with E-state index in [2.05, 4.69) is 16.0 Å². The molecule has 38 heavy (non-hydrogen) atoms. The molecular weight excluding hydrogens is 488 g/mol. The van der Waals surface area contributed by atoms with Crippen LogP contribution in [0.25, 0.3) is 27.5 Å². The second kappa shape index (κ2) is 9.36. The minimum Gasteiger partial charge on any atom is -0.355 e. The van der Waals surface area contributed by atoms with E-state index in [0.29, 0.717) is 24.6 Å². The molecule has 6 rings (SSSR count). The number of anilines is 1. The highest BCUT2D eigenvalue weighted by Gasteiger charge is 2.29. The number of nitriles is 1. The molecule has 4 heterocycles. The quantitative estimate of drug-likeness (QED) is 0.393. The maximum atomic E-state index is 14.4. The first-order valence-electron chi connectivity index (χ1n) is 12.3. The van der Waals surface area contributed by atoms with Crippen molar-refractivity contribution in [1.29, 1.82) is 5.26 Å². The average molecular weight is 512 g/mol. The summed E-state index contributed by atoms with van der Waals surface area (Å²) in [6.45, 7) is 1.18. The maximum absolute atomic E-state index is 14.4. The smallest absolute Gasteiger partial charge is 0.278 e. The van der Waals surface area contributed by atoms with E-state index in [1.807, 2.05) is 35.2 Å². The summed E-state index contributed by atoms with van der Waals surface area (Å²) in [5.41, 5.74) is 7.18. The molecule has 0 amide bonds. The van der Waals surface area contributed by atoms with Gasteiger partial charge >= 0.3 is 0 Å². The number of nitrogens with zero attached hydrogens (tertiary/aromatic N) is 6. The lowest BCUT2D eigenvalue weighted by atomic mass is 10.1. The molecule has 0 saturated carbocycles. The summed E-state index contributed by atoms with van der Waals surface area (Å²) >= 11 is 0. The van der Waals surface area contributed by atoms with Gasteiger partial charge < -0.3 is 10.6 Å². The Bertz CT molecular complexity index is 1800. The zero-order valence-electron chi connectivity index (χ0n) is 20.3. The standard InChI is InChI=1S/C28H23F2N7O/c29-22-8-7-19(12-23(22)30)37-26-25(21(13-31)27(37)35-11-3-5-18(32)14-35)34-16-36(28(26)38)15-24-20-6-2-1-4-17(20)9-10-33-24/h1-2,4,6-10,12,16,18H,3,5,11,14-15,32H2. The van der Waals surface area contributed by atoms with Gasteiger partial charge in [-0.1, -0.05) is 24.3 Å². The molecule has 1 atom stereocenters. The Morgan fingerprint density at radius 2 is 1.95 bits per heavy atom. The first-order chi connectivity index (χ1) is 18.5. The Labute approximate surface area is 216 Å². The Balaban J connectivity index is 1.61. The number of halogens is 2. The molecule has 190 valence electrons. The van der Waals surface area contributed by atoms with Crippen LogP contribution in [0.5, 0.6) is 0 Å². The predicted molar refractivity (Wildman–Crippen MR) is 140 cm³/mol. The van der Waals surface area contributed by atoms with Gasteiger partial charge in [0.25, 0.3) is 5.56 Å². The summed E-state index contributed by atoms with van der Waals surface area (Å²) in [4.78, 5) is 24.9. The molecule has 1 aliphatic rings. The number of fused-ring (bicyclic) bond motifs is 2. The molecule has 0 aliphatic carbocycles. The van der Waals surface area contributed by atoms with E-state index < -0.39 is 17.2 Å². The number of rotatable bonds is 4. The van der Waals surface area contributed by atoms with Crippen LogP contribution in [0.4, 0.5) is 14.6 Å². The molecule has 3 aromatic heterocycles. The van der Waals surface area contributed by atoms with Gasteiger partial charge in [-0.2, -0.15) is 5.26 Å². The lowest BCUT2D eigenvalue weighted by molar-refractivity contribution is 0.500. The van der Waals surface area contributed by atoms with Crippen molar-refractivity contribution in [3.8, 4) is 11.8 Å². The van der Waals surface area contributed by atoms with Gasteiger partial charge in [0.05, 0.1) is 24.3 Å². The molecule has 5 aromatic rings. The number of hydrogen-bond acceptors (Lipinski definition) is 6. The Morgan fingerprint density at radius 1 is 1.11 bits per heavy atom. The third-order valence-electron chi connectivity index (χ3n) is 7.02. The third-order valence-corrected chi connectivity index (χ3v) is 7.02. The van der Waals surface area contributed by atoms with Gasteiger partial charge in [0, 0.05) is 36.8 Å². The Morgan fingerprint density at radius 3 is 2.74 bits per heavy atom. The van der Waals surface area contributed by atoms with E-state index in [0.717, 1.165) is 35.7 Å². The van der Waals surface area contributed by atoms with Crippen molar-refractivity contribution in [1.82, 2.24) is 19.1 Å². The molecular formula is C28H23F2N7O. The van der Waals surface area contributed by atoms with E-state index in [1.54, 1.807) is 6.20 Å². The number of hydrogen-bond donors (Lipinski definition) is 1. The molecule has 0 radical (unpaired) electrons. The first kappa shape index (κ1) is 23.8. The minimum absolute atomic E-state index is 0.101. The van der Waals surface area contributed by atoms with Crippen molar-refractivity contribution in [3.05, 3.63) is 94.3 Å². The largest absolute Gasteiger partial charge is 0.355 e. The number of pyridine rings is 1. The van der Waals surface area contributed by atoms with Crippen LogP contribution in [-0.4, -0.2) is 38.2 Å². The highest BCUT2D eigenvalue weighted by molar-refractivity contribution is 5.91. The van der Waals surface area contributed by atoms with Gasteiger partial charge in [-0.3, -0.25) is 18.9 Å². The van der Waals surface area contributed by atoms with Crippen LogP contribution in [0, 0.1) is 23.0 Å². The maximum Gasteiger partial charge on any atom is 0.278 e. The van der Waals surface area contributed by atoms with E-state index in [1.165, 1.54) is 21.5 Å². The fourth-order valence-electron chi connectivity index (χ4n) is 5.25. The van der Waals surface area contributed by atoms with Crippen LogP contribution in [0.1, 0.15) is 24.1 Å². The van der Waals surface area contributed by atoms with Crippen LogP contribution in [0.3, 0.4) is 0 Å².